The van der Waals surface area contributed by atoms with Crippen LogP contribution >= 0.6 is 0 Å². The van der Waals surface area contributed by atoms with E-state index in [0.29, 0.717) is 0 Å². The Bertz CT molecular complexity index is 1570. The minimum absolute atomic E-state index is 0.915. The second-order valence-corrected chi connectivity index (χ2v) is 8.30. The molecular formula is C31H23NO. The van der Waals surface area contributed by atoms with Gasteiger partial charge in [-0.2, -0.15) is 0 Å². The van der Waals surface area contributed by atoms with Crippen molar-refractivity contribution in [1.82, 2.24) is 0 Å². The van der Waals surface area contributed by atoms with Crippen LogP contribution in [0.3, 0.4) is 0 Å². The van der Waals surface area contributed by atoms with Crippen LogP contribution in [0.25, 0.3) is 44.2 Å². The second-order valence-electron chi connectivity index (χ2n) is 8.30. The van der Waals surface area contributed by atoms with Gasteiger partial charge in [-0.25, -0.2) is 0 Å². The third-order valence-corrected chi connectivity index (χ3v) is 6.31. The molecule has 0 bridgehead atoms. The number of nitrogens with zero attached hydrogens (tertiary/aromatic N) is 1. The highest BCUT2D eigenvalue weighted by molar-refractivity contribution is 6.06. The third kappa shape index (κ3) is 3.46. The van der Waals surface area contributed by atoms with Gasteiger partial charge in [0.25, 0.3) is 0 Å². The zero-order valence-corrected chi connectivity index (χ0v) is 18.4. The standard InChI is InChI=1S/C31H23NO/c1-32(25-17-19-31-29(21-25)27-14-8-9-15-30(27)33-31)24-16-18-26(22-10-4-2-5-11-22)28(20-24)23-12-6-3-7-13-23/h2-21H,1H3. The quantitative estimate of drug-likeness (QED) is 0.281. The predicted octanol–water partition coefficient (Wildman–Crippen LogP) is 8.69. The first-order valence-corrected chi connectivity index (χ1v) is 11.2. The zero-order valence-electron chi connectivity index (χ0n) is 18.4. The van der Waals surface area contributed by atoms with Crippen LogP contribution in [-0.4, -0.2) is 7.05 Å². The summed E-state index contributed by atoms with van der Waals surface area (Å²) < 4.78 is 6.02. The van der Waals surface area contributed by atoms with Gasteiger partial charge in [0.2, 0.25) is 0 Å². The van der Waals surface area contributed by atoms with Crippen molar-refractivity contribution in [3.63, 3.8) is 0 Å². The highest BCUT2D eigenvalue weighted by Crippen LogP contribution is 2.38. The SMILES string of the molecule is CN(c1ccc(-c2ccccc2)c(-c2ccccc2)c1)c1ccc2oc3ccccc3c2c1. The molecule has 6 rings (SSSR count). The zero-order chi connectivity index (χ0) is 22.2. The van der Waals surface area contributed by atoms with Gasteiger partial charge in [0.15, 0.2) is 0 Å². The molecule has 0 aliphatic heterocycles. The second kappa shape index (κ2) is 7.99. The first-order valence-electron chi connectivity index (χ1n) is 11.2. The molecular weight excluding hydrogens is 402 g/mol. The van der Waals surface area contributed by atoms with Crippen molar-refractivity contribution < 1.29 is 4.42 Å². The Kier molecular flexibility index (Phi) is 4.70. The Labute approximate surface area is 193 Å². The Morgan fingerprint density at radius 3 is 1.82 bits per heavy atom. The van der Waals surface area contributed by atoms with Crippen LogP contribution in [0, 0.1) is 0 Å². The first kappa shape index (κ1) is 19.4. The molecule has 0 aliphatic carbocycles. The summed E-state index contributed by atoms with van der Waals surface area (Å²) in [4.78, 5) is 2.24. The van der Waals surface area contributed by atoms with Crippen LogP contribution in [0.4, 0.5) is 11.4 Å². The number of para-hydroxylation sites is 1. The molecule has 158 valence electrons. The molecule has 0 amide bonds. The maximum absolute atomic E-state index is 6.02. The van der Waals surface area contributed by atoms with Crippen LogP contribution < -0.4 is 4.90 Å². The van der Waals surface area contributed by atoms with E-state index >= 15 is 0 Å². The lowest BCUT2D eigenvalue weighted by Crippen LogP contribution is -2.09. The number of furan rings is 1. The van der Waals surface area contributed by atoms with E-state index in [2.05, 4.69) is 121 Å². The van der Waals surface area contributed by atoms with Gasteiger partial charge in [0, 0.05) is 29.2 Å². The molecule has 1 aromatic heterocycles. The summed E-state index contributed by atoms with van der Waals surface area (Å²) in [6.07, 6.45) is 0. The van der Waals surface area contributed by atoms with Gasteiger partial charge >= 0.3 is 0 Å². The van der Waals surface area contributed by atoms with E-state index in [4.69, 9.17) is 4.42 Å². The monoisotopic (exact) mass is 425 g/mol. The molecule has 0 fully saturated rings. The predicted molar refractivity (Wildman–Crippen MR) is 139 cm³/mol. The maximum atomic E-state index is 6.02. The Morgan fingerprint density at radius 2 is 1.06 bits per heavy atom. The summed E-state index contributed by atoms with van der Waals surface area (Å²) in [6.45, 7) is 0. The van der Waals surface area contributed by atoms with Crippen molar-refractivity contribution in [3.8, 4) is 22.3 Å². The number of hydrogen-bond donors (Lipinski definition) is 0. The maximum Gasteiger partial charge on any atom is 0.135 e. The summed E-state index contributed by atoms with van der Waals surface area (Å²) in [5.41, 5.74) is 8.99. The molecule has 2 heteroatoms. The Balaban J connectivity index is 1.47. The molecule has 0 spiro atoms. The lowest BCUT2D eigenvalue weighted by atomic mass is 9.94. The molecule has 1 heterocycles. The number of fused-ring (bicyclic) bond motifs is 3. The van der Waals surface area contributed by atoms with Crippen LogP contribution in [0.15, 0.2) is 126 Å². The summed E-state index contributed by atoms with van der Waals surface area (Å²) in [7, 11) is 2.12. The fourth-order valence-corrected chi connectivity index (χ4v) is 4.54. The number of anilines is 2. The topological polar surface area (TPSA) is 16.4 Å². The molecule has 2 nitrogen and oxygen atoms in total. The fraction of sp³-hybridized carbons (Fsp3) is 0.0323. The highest BCUT2D eigenvalue weighted by Gasteiger charge is 2.13. The molecule has 0 aliphatic rings. The van der Waals surface area contributed by atoms with Crippen molar-refractivity contribution in [2.24, 2.45) is 0 Å². The summed E-state index contributed by atoms with van der Waals surface area (Å²) >= 11 is 0. The van der Waals surface area contributed by atoms with E-state index in [9.17, 15) is 0 Å². The van der Waals surface area contributed by atoms with Crippen molar-refractivity contribution in [3.05, 3.63) is 121 Å². The lowest BCUT2D eigenvalue weighted by Gasteiger charge is -2.22. The minimum Gasteiger partial charge on any atom is -0.456 e. The van der Waals surface area contributed by atoms with Crippen molar-refractivity contribution >= 4 is 33.3 Å². The van der Waals surface area contributed by atoms with Gasteiger partial charge in [-0.3, -0.25) is 0 Å². The van der Waals surface area contributed by atoms with Gasteiger partial charge in [-0.05, 0) is 58.7 Å². The summed E-state index contributed by atoms with van der Waals surface area (Å²) in [5, 5.41) is 2.28. The smallest absolute Gasteiger partial charge is 0.135 e. The first-order chi connectivity index (χ1) is 16.3. The molecule has 0 saturated heterocycles. The number of hydrogen-bond acceptors (Lipinski definition) is 2. The fourth-order valence-electron chi connectivity index (χ4n) is 4.54. The van der Waals surface area contributed by atoms with Crippen molar-refractivity contribution in [2.75, 3.05) is 11.9 Å². The molecule has 0 N–H and O–H groups in total. The van der Waals surface area contributed by atoms with Crippen LogP contribution in [0.5, 0.6) is 0 Å². The molecule has 0 radical (unpaired) electrons. The van der Waals surface area contributed by atoms with Crippen molar-refractivity contribution in [1.29, 1.82) is 0 Å². The van der Waals surface area contributed by atoms with Crippen molar-refractivity contribution in [2.45, 2.75) is 0 Å². The molecule has 0 atom stereocenters. The average molecular weight is 426 g/mol. The van der Waals surface area contributed by atoms with Gasteiger partial charge < -0.3 is 9.32 Å². The lowest BCUT2D eigenvalue weighted by molar-refractivity contribution is 0.669. The van der Waals surface area contributed by atoms with Gasteiger partial charge in [-0.1, -0.05) is 84.9 Å². The molecule has 33 heavy (non-hydrogen) atoms. The van der Waals surface area contributed by atoms with E-state index in [0.717, 1.165) is 33.3 Å². The summed E-state index contributed by atoms with van der Waals surface area (Å²) in [5.74, 6) is 0. The Hall–Kier alpha value is -4.30. The van der Waals surface area contributed by atoms with Crippen LogP contribution in [-0.2, 0) is 0 Å². The van der Waals surface area contributed by atoms with E-state index in [1.54, 1.807) is 0 Å². The molecule has 0 saturated carbocycles. The largest absolute Gasteiger partial charge is 0.456 e. The van der Waals surface area contributed by atoms with Gasteiger partial charge in [-0.15, -0.1) is 0 Å². The number of benzene rings is 5. The Morgan fingerprint density at radius 1 is 0.485 bits per heavy atom. The van der Waals surface area contributed by atoms with E-state index < -0.39 is 0 Å². The molecule has 5 aromatic carbocycles. The number of rotatable bonds is 4. The van der Waals surface area contributed by atoms with Gasteiger partial charge in [0.05, 0.1) is 0 Å². The molecule has 6 aromatic rings. The molecule has 0 unspecified atom stereocenters. The van der Waals surface area contributed by atoms with Crippen LogP contribution in [0.1, 0.15) is 0 Å². The summed E-state index contributed by atoms with van der Waals surface area (Å²) in [6, 6.07) is 42.5. The minimum atomic E-state index is 0.915. The van der Waals surface area contributed by atoms with Gasteiger partial charge in [0.1, 0.15) is 11.2 Å². The normalized spacial score (nSPS) is 11.2. The van der Waals surface area contributed by atoms with Crippen LogP contribution in [0.2, 0.25) is 0 Å². The van der Waals surface area contributed by atoms with E-state index in [1.165, 1.54) is 22.3 Å². The third-order valence-electron chi connectivity index (χ3n) is 6.31. The average Bonchev–Trinajstić information content (AvgIpc) is 3.27. The van der Waals surface area contributed by atoms with E-state index in [-0.39, 0.29) is 0 Å². The van der Waals surface area contributed by atoms with E-state index in [1.807, 2.05) is 12.1 Å². The highest BCUT2D eigenvalue weighted by atomic mass is 16.3.